The molecule has 0 amide bonds. The van der Waals surface area contributed by atoms with Crippen LogP contribution in [0.4, 0.5) is 11.4 Å². The molecule has 140 valence electrons. The standard InChI is InChI=1S/C19H25N3O2S2/c1-13(2)16-8-6-7-9-17(16)20-19(25)21-18-12-15(11-10-14(18)3)26(23,24)22(4)5/h6-13H,1-5H3,(H2,20,21,25). The highest BCUT2D eigenvalue weighted by atomic mass is 32.2. The van der Waals surface area contributed by atoms with Crippen molar-refractivity contribution >= 4 is 38.7 Å². The summed E-state index contributed by atoms with van der Waals surface area (Å²) in [6.07, 6.45) is 0. The number of hydrogen-bond acceptors (Lipinski definition) is 3. The Hall–Kier alpha value is -1.96. The molecule has 0 aliphatic heterocycles. The molecular weight excluding hydrogens is 366 g/mol. The van der Waals surface area contributed by atoms with Gasteiger partial charge in [-0.1, -0.05) is 38.1 Å². The van der Waals surface area contributed by atoms with Crippen LogP contribution >= 0.6 is 12.2 Å². The zero-order valence-corrected chi connectivity index (χ0v) is 17.3. The van der Waals surface area contributed by atoms with E-state index in [1.54, 1.807) is 18.2 Å². The predicted molar refractivity (Wildman–Crippen MR) is 112 cm³/mol. The third kappa shape index (κ3) is 4.60. The molecule has 7 heteroatoms. The number of nitrogens with zero attached hydrogens (tertiary/aromatic N) is 1. The Morgan fingerprint density at radius 1 is 1.04 bits per heavy atom. The van der Waals surface area contributed by atoms with Gasteiger partial charge in [-0.05, 0) is 54.4 Å². The SMILES string of the molecule is Cc1ccc(S(=O)(=O)N(C)C)cc1NC(=S)Nc1ccccc1C(C)C. The number of para-hydroxylation sites is 1. The number of hydrogen-bond donors (Lipinski definition) is 2. The lowest BCUT2D eigenvalue weighted by molar-refractivity contribution is 0.521. The van der Waals surface area contributed by atoms with E-state index in [2.05, 4.69) is 30.5 Å². The van der Waals surface area contributed by atoms with Gasteiger partial charge < -0.3 is 10.6 Å². The molecule has 0 aromatic heterocycles. The van der Waals surface area contributed by atoms with Crippen LogP contribution in [0.2, 0.25) is 0 Å². The zero-order chi connectivity index (χ0) is 19.5. The number of aryl methyl sites for hydroxylation is 1. The highest BCUT2D eigenvalue weighted by Crippen LogP contribution is 2.25. The Labute approximate surface area is 161 Å². The van der Waals surface area contributed by atoms with E-state index in [-0.39, 0.29) is 4.90 Å². The van der Waals surface area contributed by atoms with Crippen LogP contribution in [0.25, 0.3) is 0 Å². The van der Waals surface area contributed by atoms with E-state index in [0.717, 1.165) is 16.8 Å². The molecule has 0 saturated carbocycles. The topological polar surface area (TPSA) is 61.4 Å². The van der Waals surface area contributed by atoms with Crippen molar-refractivity contribution < 1.29 is 8.42 Å². The Morgan fingerprint density at radius 3 is 2.27 bits per heavy atom. The summed E-state index contributed by atoms with van der Waals surface area (Å²) in [6, 6.07) is 13.0. The van der Waals surface area contributed by atoms with E-state index in [4.69, 9.17) is 12.2 Å². The molecule has 26 heavy (non-hydrogen) atoms. The molecule has 0 heterocycles. The number of rotatable bonds is 5. The van der Waals surface area contributed by atoms with E-state index in [0.29, 0.717) is 16.7 Å². The van der Waals surface area contributed by atoms with E-state index < -0.39 is 10.0 Å². The Morgan fingerprint density at radius 2 is 1.65 bits per heavy atom. The van der Waals surface area contributed by atoms with Crippen LogP contribution in [0.1, 0.15) is 30.9 Å². The monoisotopic (exact) mass is 391 g/mol. The van der Waals surface area contributed by atoms with Crippen LogP contribution in [-0.2, 0) is 10.0 Å². The van der Waals surface area contributed by atoms with Gasteiger partial charge in [0.05, 0.1) is 4.90 Å². The van der Waals surface area contributed by atoms with E-state index in [9.17, 15) is 8.42 Å². The first-order valence-electron chi connectivity index (χ1n) is 8.33. The average molecular weight is 392 g/mol. The summed E-state index contributed by atoms with van der Waals surface area (Å²) in [5.41, 5.74) is 3.67. The van der Waals surface area contributed by atoms with Gasteiger partial charge in [0.2, 0.25) is 10.0 Å². The Bertz CT molecular complexity index is 907. The fraction of sp³-hybridized carbons (Fsp3) is 0.316. The van der Waals surface area contributed by atoms with Crippen LogP contribution in [0, 0.1) is 6.92 Å². The summed E-state index contributed by atoms with van der Waals surface area (Å²) >= 11 is 5.43. The molecule has 5 nitrogen and oxygen atoms in total. The van der Waals surface area contributed by atoms with Crippen molar-refractivity contribution in [3.8, 4) is 0 Å². The molecule has 2 N–H and O–H groups in total. The first kappa shape index (κ1) is 20.4. The highest BCUT2D eigenvalue weighted by molar-refractivity contribution is 7.89. The summed E-state index contributed by atoms with van der Waals surface area (Å²) in [6.45, 7) is 6.15. The van der Waals surface area contributed by atoms with Crippen molar-refractivity contribution in [2.45, 2.75) is 31.6 Å². The van der Waals surface area contributed by atoms with Gasteiger partial charge in [-0.3, -0.25) is 0 Å². The second-order valence-electron chi connectivity index (χ2n) is 6.59. The normalized spacial score (nSPS) is 11.7. The molecule has 0 unspecified atom stereocenters. The van der Waals surface area contributed by atoms with E-state index >= 15 is 0 Å². The summed E-state index contributed by atoms with van der Waals surface area (Å²) in [5.74, 6) is 0.358. The lowest BCUT2D eigenvalue weighted by atomic mass is 10.0. The zero-order valence-electron chi connectivity index (χ0n) is 15.7. The van der Waals surface area contributed by atoms with Gasteiger partial charge in [-0.25, -0.2) is 12.7 Å². The summed E-state index contributed by atoms with van der Waals surface area (Å²) in [4.78, 5) is 0.223. The summed E-state index contributed by atoms with van der Waals surface area (Å²) < 4.78 is 25.9. The van der Waals surface area contributed by atoms with Crippen molar-refractivity contribution in [2.75, 3.05) is 24.7 Å². The maximum atomic E-state index is 12.3. The second kappa shape index (κ2) is 8.16. The number of sulfonamides is 1. The van der Waals surface area contributed by atoms with Crippen molar-refractivity contribution in [3.63, 3.8) is 0 Å². The third-order valence-electron chi connectivity index (χ3n) is 4.07. The van der Waals surface area contributed by atoms with Crippen LogP contribution < -0.4 is 10.6 Å². The minimum Gasteiger partial charge on any atom is -0.332 e. The third-order valence-corrected chi connectivity index (χ3v) is 6.08. The first-order chi connectivity index (χ1) is 12.1. The molecule has 0 radical (unpaired) electrons. The first-order valence-corrected chi connectivity index (χ1v) is 10.2. The molecule has 2 rings (SSSR count). The number of nitrogens with one attached hydrogen (secondary N) is 2. The summed E-state index contributed by atoms with van der Waals surface area (Å²) in [5, 5.41) is 6.74. The molecule has 0 atom stereocenters. The van der Waals surface area contributed by atoms with Gasteiger partial charge in [0.25, 0.3) is 0 Å². The maximum absolute atomic E-state index is 12.3. The van der Waals surface area contributed by atoms with Gasteiger partial charge in [-0.2, -0.15) is 0 Å². The molecule has 0 aliphatic carbocycles. The van der Waals surface area contributed by atoms with E-state index in [1.165, 1.54) is 18.4 Å². The highest BCUT2D eigenvalue weighted by Gasteiger charge is 2.18. The van der Waals surface area contributed by atoms with Crippen molar-refractivity contribution in [2.24, 2.45) is 0 Å². The molecule has 0 saturated heterocycles. The Balaban J connectivity index is 2.25. The lowest BCUT2D eigenvalue weighted by Crippen LogP contribution is -2.23. The smallest absolute Gasteiger partial charge is 0.242 e. The fourth-order valence-electron chi connectivity index (χ4n) is 2.50. The van der Waals surface area contributed by atoms with Gasteiger partial charge in [0, 0.05) is 25.5 Å². The molecule has 0 spiro atoms. The molecule has 0 aliphatic rings. The molecule has 2 aromatic carbocycles. The molecule has 2 aromatic rings. The minimum atomic E-state index is -3.50. The second-order valence-corrected chi connectivity index (χ2v) is 9.15. The summed E-state index contributed by atoms with van der Waals surface area (Å²) in [7, 11) is -0.477. The number of anilines is 2. The maximum Gasteiger partial charge on any atom is 0.242 e. The lowest BCUT2D eigenvalue weighted by Gasteiger charge is -2.18. The number of thiocarbonyl (C=S) groups is 1. The Kier molecular flexibility index (Phi) is 6.39. The number of benzene rings is 2. The van der Waals surface area contributed by atoms with Gasteiger partial charge >= 0.3 is 0 Å². The van der Waals surface area contributed by atoms with Crippen LogP contribution in [0.3, 0.4) is 0 Å². The van der Waals surface area contributed by atoms with Gasteiger partial charge in [-0.15, -0.1) is 0 Å². The van der Waals surface area contributed by atoms with Crippen molar-refractivity contribution in [1.29, 1.82) is 0 Å². The fourth-order valence-corrected chi connectivity index (χ4v) is 3.65. The molecule has 0 fully saturated rings. The van der Waals surface area contributed by atoms with Gasteiger partial charge in [0.1, 0.15) is 0 Å². The minimum absolute atomic E-state index is 0.223. The van der Waals surface area contributed by atoms with E-state index in [1.807, 2.05) is 25.1 Å². The average Bonchev–Trinajstić information content (AvgIpc) is 2.56. The quantitative estimate of drug-likeness (QED) is 0.749. The molecule has 0 bridgehead atoms. The van der Waals surface area contributed by atoms with Crippen LogP contribution in [0.15, 0.2) is 47.4 Å². The van der Waals surface area contributed by atoms with Crippen LogP contribution in [0.5, 0.6) is 0 Å². The van der Waals surface area contributed by atoms with Crippen molar-refractivity contribution in [1.82, 2.24) is 4.31 Å². The largest absolute Gasteiger partial charge is 0.332 e. The molecular formula is C19H25N3O2S2. The van der Waals surface area contributed by atoms with Crippen LogP contribution in [-0.4, -0.2) is 31.9 Å². The predicted octanol–water partition coefficient (Wildman–Crippen LogP) is 4.18. The van der Waals surface area contributed by atoms with Crippen molar-refractivity contribution in [3.05, 3.63) is 53.6 Å². The van der Waals surface area contributed by atoms with Gasteiger partial charge in [0.15, 0.2) is 5.11 Å².